The van der Waals surface area contributed by atoms with Crippen molar-refractivity contribution in [2.24, 2.45) is 11.0 Å². The number of hydrogen-bond donors (Lipinski definition) is 1. The van der Waals surface area contributed by atoms with Gasteiger partial charge in [-0.05, 0) is 53.2 Å². The van der Waals surface area contributed by atoms with Crippen LogP contribution < -0.4 is 5.43 Å². The largest absolute Gasteiger partial charge is 0.444 e. The Labute approximate surface area is 108 Å². The van der Waals surface area contributed by atoms with Crippen molar-refractivity contribution < 1.29 is 9.21 Å². The van der Waals surface area contributed by atoms with Crippen molar-refractivity contribution in [2.45, 2.75) is 19.3 Å². The van der Waals surface area contributed by atoms with Crippen LogP contribution in [0.2, 0.25) is 0 Å². The fourth-order valence-electron chi connectivity index (χ4n) is 1.65. The Morgan fingerprint density at radius 1 is 1.53 bits per heavy atom. The van der Waals surface area contributed by atoms with Crippen molar-refractivity contribution in [2.75, 3.05) is 0 Å². The summed E-state index contributed by atoms with van der Waals surface area (Å²) in [6, 6.07) is 3.27. The van der Waals surface area contributed by atoms with Gasteiger partial charge >= 0.3 is 5.91 Å². The zero-order valence-corrected chi connectivity index (χ0v) is 10.8. The van der Waals surface area contributed by atoms with E-state index >= 15 is 0 Å². The molecular formula is C12H13BrN2O2. The molecule has 1 N–H and O–H groups in total. The van der Waals surface area contributed by atoms with E-state index in [0.717, 1.165) is 19.3 Å². The molecule has 1 amide bonds. The Morgan fingerprint density at radius 3 is 3.06 bits per heavy atom. The lowest BCUT2D eigenvalue weighted by atomic mass is 9.96. The van der Waals surface area contributed by atoms with Crippen LogP contribution in [-0.2, 0) is 0 Å². The molecule has 0 aliphatic heterocycles. The summed E-state index contributed by atoms with van der Waals surface area (Å²) in [5, 5.41) is 3.95. The zero-order valence-electron chi connectivity index (χ0n) is 9.23. The Balaban J connectivity index is 1.83. The van der Waals surface area contributed by atoms with Crippen LogP contribution in [0.25, 0.3) is 0 Å². The highest BCUT2D eigenvalue weighted by atomic mass is 79.9. The van der Waals surface area contributed by atoms with Gasteiger partial charge in [-0.25, -0.2) is 5.43 Å². The average Bonchev–Trinajstić information content (AvgIpc) is 2.77. The number of hydrazone groups is 1. The number of nitrogens with zero attached hydrogens (tertiary/aromatic N) is 1. The minimum absolute atomic E-state index is 0.248. The number of halogens is 1. The maximum absolute atomic E-state index is 11.5. The van der Waals surface area contributed by atoms with E-state index < -0.39 is 0 Å². The zero-order chi connectivity index (χ0) is 12.1. The number of rotatable bonds is 3. The Morgan fingerprint density at radius 2 is 2.41 bits per heavy atom. The number of carbonyl (C=O) groups is 1. The molecule has 0 saturated heterocycles. The summed E-state index contributed by atoms with van der Waals surface area (Å²) in [7, 11) is 0. The fourth-order valence-corrected chi connectivity index (χ4v) is 1.95. The van der Waals surface area contributed by atoms with E-state index in [1.165, 1.54) is 0 Å². The molecule has 1 aromatic rings. The van der Waals surface area contributed by atoms with Crippen LogP contribution in [0.15, 0.2) is 38.5 Å². The first kappa shape index (κ1) is 12.1. The van der Waals surface area contributed by atoms with Gasteiger partial charge in [0.15, 0.2) is 10.4 Å². The van der Waals surface area contributed by atoms with Gasteiger partial charge in [0.25, 0.3) is 0 Å². The SMILES string of the molecule is O=C(NN=C[C@H]1CC=CCC1)c1ccc(Br)o1. The van der Waals surface area contributed by atoms with Crippen LogP contribution in [0.3, 0.4) is 0 Å². The predicted molar refractivity (Wildman–Crippen MR) is 68.8 cm³/mol. The van der Waals surface area contributed by atoms with E-state index in [0.29, 0.717) is 10.6 Å². The summed E-state index contributed by atoms with van der Waals surface area (Å²) in [5.74, 6) is 0.333. The third-order valence-electron chi connectivity index (χ3n) is 2.56. The highest BCUT2D eigenvalue weighted by Gasteiger charge is 2.10. The first-order valence-corrected chi connectivity index (χ1v) is 6.29. The first-order chi connectivity index (χ1) is 8.25. The van der Waals surface area contributed by atoms with Crippen molar-refractivity contribution in [3.8, 4) is 0 Å². The predicted octanol–water partition coefficient (Wildman–Crippen LogP) is 3.11. The highest BCUT2D eigenvalue weighted by Crippen LogP contribution is 2.16. The van der Waals surface area contributed by atoms with E-state index in [4.69, 9.17) is 4.42 Å². The summed E-state index contributed by atoms with van der Waals surface area (Å²) < 4.78 is 5.64. The fraction of sp³-hybridized carbons (Fsp3) is 0.333. The molecule has 0 fully saturated rings. The molecule has 1 aliphatic carbocycles. The summed E-state index contributed by atoms with van der Waals surface area (Å²) in [6.45, 7) is 0. The second kappa shape index (κ2) is 5.82. The van der Waals surface area contributed by atoms with Crippen LogP contribution in [-0.4, -0.2) is 12.1 Å². The van der Waals surface area contributed by atoms with E-state index in [1.807, 2.05) is 0 Å². The topological polar surface area (TPSA) is 54.6 Å². The minimum Gasteiger partial charge on any atom is -0.444 e. The van der Waals surface area contributed by atoms with Gasteiger partial charge in [0, 0.05) is 6.21 Å². The molecular weight excluding hydrogens is 284 g/mol. The van der Waals surface area contributed by atoms with E-state index in [2.05, 4.69) is 38.6 Å². The minimum atomic E-state index is -0.335. The maximum atomic E-state index is 11.5. The Hall–Kier alpha value is -1.36. The smallest absolute Gasteiger partial charge is 0.307 e. The molecule has 0 unspecified atom stereocenters. The molecule has 17 heavy (non-hydrogen) atoms. The normalized spacial score (nSPS) is 19.7. The second-order valence-electron chi connectivity index (χ2n) is 3.87. The molecule has 0 aromatic carbocycles. The molecule has 0 radical (unpaired) electrons. The molecule has 1 heterocycles. The molecule has 0 spiro atoms. The number of furan rings is 1. The number of carbonyl (C=O) groups excluding carboxylic acids is 1. The lowest BCUT2D eigenvalue weighted by Gasteiger charge is -2.11. The molecule has 0 bridgehead atoms. The Kier molecular flexibility index (Phi) is 4.14. The van der Waals surface area contributed by atoms with E-state index in [-0.39, 0.29) is 11.7 Å². The number of hydrogen-bond acceptors (Lipinski definition) is 3. The van der Waals surface area contributed by atoms with Gasteiger partial charge in [0.05, 0.1) is 0 Å². The lowest BCUT2D eigenvalue weighted by Crippen LogP contribution is -2.18. The summed E-state index contributed by atoms with van der Waals surface area (Å²) in [5.41, 5.74) is 2.45. The first-order valence-electron chi connectivity index (χ1n) is 5.49. The van der Waals surface area contributed by atoms with Crippen LogP contribution in [0, 0.1) is 5.92 Å². The molecule has 1 aromatic heterocycles. The van der Waals surface area contributed by atoms with Gasteiger partial charge in [-0.3, -0.25) is 4.79 Å². The van der Waals surface area contributed by atoms with Crippen LogP contribution >= 0.6 is 15.9 Å². The monoisotopic (exact) mass is 296 g/mol. The van der Waals surface area contributed by atoms with Gasteiger partial charge in [0.2, 0.25) is 0 Å². The molecule has 5 heteroatoms. The van der Waals surface area contributed by atoms with E-state index in [1.54, 1.807) is 18.3 Å². The second-order valence-corrected chi connectivity index (χ2v) is 4.65. The average molecular weight is 297 g/mol. The lowest BCUT2D eigenvalue weighted by molar-refractivity contribution is 0.0926. The van der Waals surface area contributed by atoms with Gasteiger partial charge in [-0.1, -0.05) is 12.2 Å². The van der Waals surface area contributed by atoms with Crippen molar-refractivity contribution in [1.29, 1.82) is 0 Å². The van der Waals surface area contributed by atoms with Crippen molar-refractivity contribution in [3.63, 3.8) is 0 Å². The number of nitrogens with one attached hydrogen (secondary N) is 1. The van der Waals surface area contributed by atoms with E-state index in [9.17, 15) is 4.79 Å². The molecule has 4 nitrogen and oxygen atoms in total. The third-order valence-corrected chi connectivity index (χ3v) is 2.98. The standard InChI is InChI=1S/C12H13BrN2O2/c13-11-7-6-10(17-11)12(16)15-14-8-9-4-2-1-3-5-9/h1-2,6-9H,3-5H2,(H,15,16)/t9-/m0/s1. The van der Waals surface area contributed by atoms with Crippen molar-refractivity contribution in [1.82, 2.24) is 5.43 Å². The molecule has 1 aliphatic rings. The number of allylic oxidation sites excluding steroid dienone is 2. The number of amides is 1. The maximum Gasteiger partial charge on any atom is 0.307 e. The van der Waals surface area contributed by atoms with Crippen LogP contribution in [0.4, 0.5) is 0 Å². The van der Waals surface area contributed by atoms with Gasteiger partial charge in [-0.15, -0.1) is 0 Å². The molecule has 0 saturated carbocycles. The van der Waals surface area contributed by atoms with Crippen LogP contribution in [0.1, 0.15) is 29.8 Å². The van der Waals surface area contributed by atoms with Crippen molar-refractivity contribution in [3.05, 3.63) is 34.7 Å². The highest BCUT2D eigenvalue weighted by molar-refractivity contribution is 9.10. The summed E-state index contributed by atoms with van der Waals surface area (Å²) >= 11 is 3.14. The summed E-state index contributed by atoms with van der Waals surface area (Å²) in [4.78, 5) is 11.5. The molecule has 2 rings (SSSR count). The molecule has 1 atom stereocenters. The molecule has 90 valence electrons. The van der Waals surface area contributed by atoms with Gasteiger partial charge in [0.1, 0.15) is 0 Å². The van der Waals surface area contributed by atoms with Gasteiger partial charge in [-0.2, -0.15) is 5.10 Å². The van der Waals surface area contributed by atoms with Crippen LogP contribution in [0.5, 0.6) is 0 Å². The van der Waals surface area contributed by atoms with Gasteiger partial charge < -0.3 is 4.42 Å². The summed E-state index contributed by atoms with van der Waals surface area (Å²) in [6.07, 6.45) is 9.26. The Bertz CT molecular complexity index is 451. The third kappa shape index (κ3) is 3.56. The quantitative estimate of drug-likeness (QED) is 0.529. The van der Waals surface area contributed by atoms with Crippen molar-refractivity contribution >= 4 is 28.1 Å².